The lowest BCUT2D eigenvalue weighted by atomic mass is 9.84. The summed E-state index contributed by atoms with van der Waals surface area (Å²) in [6.07, 6.45) is 7.80. The summed E-state index contributed by atoms with van der Waals surface area (Å²) in [6.45, 7) is 7.79. The fourth-order valence-electron chi connectivity index (χ4n) is 3.05. The Morgan fingerprint density at radius 3 is 3.00 bits per heavy atom. The van der Waals surface area contributed by atoms with Crippen LogP contribution in [0.1, 0.15) is 50.3 Å². The lowest BCUT2D eigenvalue weighted by molar-refractivity contribution is -0.0345. The first kappa shape index (κ1) is 17.2. The second-order valence-electron chi connectivity index (χ2n) is 5.97. The number of nitrogens with one attached hydrogen (secondary N) is 1. The Morgan fingerprint density at radius 1 is 1.41 bits per heavy atom. The molecule has 1 aromatic rings. The largest absolute Gasteiger partial charge is 0.374 e. The fraction of sp³-hybridized carbons (Fsp3) is 0.579. The molecule has 1 aliphatic rings. The minimum atomic E-state index is 0.223. The van der Waals surface area contributed by atoms with Gasteiger partial charge in [-0.2, -0.15) is 5.48 Å². The van der Waals surface area contributed by atoms with Crippen LogP contribution in [0.5, 0.6) is 0 Å². The fourth-order valence-corrected chi connectivity index (χ4v) is 3.05. The minimum Gasteiger partial charge on any atom is -0.374 e. The molecule has 3 heteroatoms. The number of hydrogen-bond donors (Lipinski definition) is 1. The van der Waals surface area contributed by atoms with Gasteiger partial charge >= 0.3 is 0 Å². The normalized spacial score (nSPS) is 23.8. The summed E-state index contributed by atoms with van der Waals surface area (Å²) < 4.78 is 5.87. The lowest BCUT2D eigenvalue weighted by Gasteiger charge is -2.34. The van der Waals surface area contributed by atoms with E-state index in [4.69, 9.17) is 9.57 Å². The van der Waals surface area contributed by atoms with E-state index in [9.17, 15) is 0 Å². The average Bonchev–Trinajstić information content (AvgIpc) is 2.54. The zero-order valence-electron chi connectivity index (χ0n) is 14.0. The summed E-state index contributed by atoms with van der Waals surface area (Å²) in [4.78, 5) is 5.55. The van der Waals surface area contributed by atoms with Crippen molar-refractivity contribution in [2.75, 3.05) is 13.2 Å². The third kappa shape index (κ3) is 4.94. The highest BCUT2D eigenvalue weighted by Crippen LogP contribution is 2.33. The zero-order valence-corrected chi connectivity index (χ0v) is 14.0. The molecule has 0 spiro atoms. The molecule has 2 rings (SSSR count). The highest BCUT2D eigenvalue weighted by Gasteiger charge is 2.29. The second-order valence-corrected chi connectivity index (χ2v) is 5.97. The first-order valence-corrected chi connectivity index (χ1v) is 8.46. The van der Waals surface area contributed by atoms with Crippen LogP contribution in [0, 0.1) is 12.8 Å². The number of hydrogen-bond acceptors (Lipinski definition) is 3. The molecular weight excluding hydrogens is 274 g/mol. The zero-order chi connectivity index (χ0) is 15.8. The number of benzene rings is 1. The lowest BCUT2D eigenvalue weighted by Crippen LogP contribution is -2.35. The maximum absolute atomic E-state index is 5.87. The summed E-state index contributed by atoms with van der Waals surface area (Å²) in [5.41, 5.74) is 5.87. The van der Waals surface area contributed by atoms with Gasteiger partial charge in [-0.3, -0.25) is 0 Å². The maximum Gasteiger partial charge on any atom is 0.0759 e. The first-order chi connectivity index (χ1) is 10.7. The van der Waals surface area contributed by atoms with Gasteiger partial charge in [-0.1, -0.05) is 48.9 Å². The van der Waals surface area contributed by atoms with E-state index in [1.54, 1.807) is 0 Å². The predicted molar refractivity (Wildman–Crippen MR) is 90.6 cm³/mol. The molecule has 1 heterocycles. The van der Waals surface area contributed by atoms with Gasteiger partial charge in [0.25, 0.3) is 0 Å². The molecule has 0 amide bonds. The number of hydroxylamine groups is 1. The first-order valence-electron chi connectivity index (χ1n) is 8.46. The standard InChI is InChI=1S/C19H29NO2/c1-4-6-10-18-14-17(11-12-21-18)19(20-22-5-2)16-9-7-8-15(3)13-16/h6-10,13,17-20H,4-5,11-12,14H2,1-3H3/b10-6+/t17-,18-,19+/m0/s1. The summed E-state index contributed by atoms with van der Waals surface area (Å²) in [6, 6.07) is 8.93. The topological polar surface area (TPSA) is 30.5 Å². The van der Waals surface area contributed by atoms with E-state index in [1.807, 2.05) is 6.92 Å². The summed E-state index contributed by atoms with van der Waals surface area (Å²) in [5, 5.41) is 0. The quantitative estimate of drug-likeness (QED) is 0.600. The van der Waals surface area contributed by atoms with E-state index in [2.05, 4.69) is 55.7 Å². The van der Waals surface area contributed by atoms with Gasteiger partial charge in [-0.25, -0.2) is 0 Å². The maximum atomic E-state index is 5.87. The molecule has 0 unspecified atom stereocenters. The van der Waals surface area contributed by atoms with Crippen molar-refractivity contribution in [1.82, 2.24) is 5.48 Å². The van der Waals surface area contributed by atoms with E-state index < -0.39 is 0 Å². The van der Waals surface area contributed by atoms with Crippen LogP contribution < -0.4 is 5.48 Å². The Morgan fingerprint density at radius 2 is 2.27 bits per heavy atom. The molecule has 3 nitrogen and oxygen atoms in total. The molecule has 0 aliphatic carbocycles. The highest BCUT2D eigenvalue weighted by molar-refractivity contribution is 5.25. The molecule has 1 N–H and O–H groups in total. The van der Waals surface area contributed by atoms with Crippen molar-refractivity contribution in [3.05, 3.63) is 47.5 Å². The van der Waals surface area contributed by atoms with Gasteiger partial charge in [-0.05, 0) is 44.6 Å². The highest BCUT2D eigenvalue weighted by atomic mass is 16.6. The number of allylic oxidation sites excluding steroid dienone is 1. The third-order valence-corrected chi connectivity index (χ3v) is 4.17. The number of rotatable bonds is 7. The van der Waals surface area contributed by atoms with Crippen LogP contribution in [0.2, 0.25) is 0 Å². The Labute approximate surface area is 134 Å². The van der Waals surface area contributed by atoms with Crippen LogP contribution >= 0.6 is 0 Å². The monoisotopic (exact) mass is 303 g/mol. The van der Waals surface area contributed by atoms with Gasteiger partial charge < -0.3 is 9.57 Å². The van der Waals surface area contributed by atoms with Gasteiger partial charge in [0.15, 0.2) is 0 Å². The number of ether oxygens (including phenoxy) is 1. The van der Waals surface area contributed by atoms with E-state index in [1.165, 1.54) is 11.1 Å². The van der Waals surface area contributed by atoms with Crippen LogP contribution in [0.25, 0.3) is 0 Å². The van der Waals surface area contributed by atoms with Crippen LogP contribution in [-0.2, 0) is 9.57 Å². The van der Waals surface area contributed by atoms with Crippen molar-refractivity contribution in [3.8, 4) is 0 Å². The summed E-state index contributed by atoms with van der Waals surface area (Å²) >= 11 is 0. The Kier molecular flexibility index (Phi) is 7.10. The molecular formula is C19H29NO2. The molecule has 1 aromatic carbocycles. The van der Waals surface area contributed by atoms with Crippen LogP contribution in [0.15, 0.2) is 36.4 Å². The van der Waals surface area contributed by atoms with Crippen molar-refractivity contribution in [2.24, 2.45) is 5.92 Å². The van der Waals surface area contributed by atoms with Gasteiger partial charge in [0, 0.05) is 6.61 Å². The molecule has 0 radical (unpaired) electrons. The van der Waals surface area contributed by atoms with Crippen molar-refractivity contribution in [1.29, 1.82) is 0 Å². The molecule has 0 bridgehead atoms. The van der Waals surface area contributed by atoms with Crippen LogP contribution in [0.4, 0.5) is 0 Å². The van der Waals surface area contributed by atoms with Gasteiger partial charge in [0.1, 0.15) is 0 Å². The van der Waals surface area contributed by atoms with Crippen molar-refractivity contribution in [2.45, 2.75) is 52.2 Å². The Balaban J connectivity index is 2.12. The Hall–Kier alpha value is -1.16. The summed E-state index contributed by atoms with van der Waals surface area (Å²) in [5.74, 6) is 0.522. The van der Waals surface area contributed by atoms with E-state index in [0.717, 1.165) is 25.9 Å². The smallest absolute Gasteiger partial charge is 0.0759 e. The van der Waals surface area contributed by atoms with E-state index in [0.29, 0.717) is 12.5 Å². The predicted octanol–water partition coefficient (Wildman–Crippen LogP) is 4.34. The van der Waals surface area contributed by atoms with Crippen LogP contribution in [0.3, 0.4) is 0 Å². The molecule has 3 atom stereocenters. The van der Waals surface area contributed by atoms with E-state index in [-0.39, 0.29) is 12.1 Å². The number of aryl methyl sites for hydroxylation is 1. The molecule has 0 saturated carbocycles. The minimum absolute atomic E-state index is 0.223. The molecule has 122 valence electrons. The van der Waals surface area contributed by atoms with Gasteiger partial charge in [0.05, 0.1) is 18.8 Å². The Bertz CT molecular complexity index is 472. The summed E-state index contributed by atoms with van der Waals surface area (Å²) in [7, 11) is 0. The SMILES string of the molecule is CC/C=C/[C@H]1C[C@@H]([C@H](NOCC)c2cccc(C)c2)CCO1. The molecule has 1 saturated heterocycles. The van der Waals surface area contributed by atoms with Crippen molar-refractivity contribution < 1.29 is 9.57 Å². The molecule has 22 heavy (non-hydrogen) atoms. The van der Waals surface area contributed by atoms with Crippen molar-refractivity contribution in [3.63, 3.8) is 0 Å². The molecule has 1 aliphatic heterocycles. The molecule has 1 fully saturated rings. The second kappa shape index (κ2) is 9.09. The average molecular weight is 303 g/mol. The van der Waals surface area contributed by atoms with Gasteiger partial charge in [0.2, 0.25) is 0 Å². The van der Waals surface area contributed by atoms with Gasteiger partial charge in [-0.15, -0.1) is 0 Å². The van der Waals surface area contributed by atoms with Crippen molar-refractivity contribution >= 4 is 0 Å². The third-order valence-electron chi connectivity index (χ3n) is 4.17. The molecule has 0 aromatic heterocycles. The van der Waals surface area contributed by atoms with E-state index >= 15 is 0 Å². The van der Waals surface area contributed by atoms with Crippen LogP contribution in [-0.4, -0.2) is 19.3 Å².